The molecular formula is C13H9Cl3N2O. The van der Waals surface area contributed by atoms with E-state index in [1.807, 2.05) is 0 Å². The van der Waals surface area contributed by atoms with Crippen molar-refractivity contribution in [2.24, 2.45) is 0 Å². The van der Waals surface area contributed by atoms with Gasteiger partial charge in [0, 0.05) is 5.69 Å². The van der Waals surface area contributed by atoms with Crippen LogP contribution in [-0.4, -0.2) is 5.91 Å². The molecule has 3 N–H and O–H groups in total. The first-order chi connectivity index (χ1) is 8.99. The van der Waals surface area contributed by atoms with Crippen LogP contribution < -0.4 is 11.1 Å². The van der Waals surface area contributed by atoms with E-state index in [-0.39, 0.29) is 10.9 Å². The number of carbonyl (C=O) groups excluding carboxylic acids is 1. The lowest BCUT2D eigenvalue weighted by molar-refractivity contribution is 0.102. The maximum Gasteiger partial charge on any atom is 0.257 e. The van der Waals surface area contributed by atoms with Gasteiger partial charge in [0.15, 0.2) is 0 Å². The molecule has 2 aromatic carbocycles. The average molecular weight is 316 g/mol. The van der Waals surface area contributed by atoms with Crippen molar-refractivity contribution in [2.75, 3.05) is 11.1 Å². The lowest BCUT2D eigenvalue weighted by atomic mass is 10.2. The van der Waals surface area contributed by atoms with Gasteiger partial charge < -0.3 is 11.1 Å². The van der Waals surface area contributed by atoms with Crippen molar-refractivity contribution in [3.8, 4) is 0 Å². The first-order valence-electron chi connectivity index (χ1n) is 5.29. The maximum absolute atomic E-state index is 12.1. The second-order valence-electron chi connectivity index (χ2n) is 3.79. The molecule has 19 heavy (non-hydrogen) atoms. The lowest BCUT2D eigenvalue weighted by Crippen LogP contribution is -2.13. The number of rotatable bonds is 2. The van der Waals surface area contributed by atoms with Crippen molar-refractivity contribution in [3.63, 3.8) is 0 Å². The van der Waals surface area contributed by atoms with E-state index in [1.165, 1.54) is 0 Å². The Balaban J connectivity index is 2.26. The van der Waals surface area contributed by atoms with Crippen LogP contribution in [0, 0.1) is 0 Å². The minimum Gasteiger partial charge on any atom is -0.398 e. The number of anilines is 2. The normalized spacial score (nSPS) is 10.3. The molecule has 0 spiro atoms. The largest absolute Gasteiger partial charge is 0.398 e. The zero-order valence-corrected chi connectivity index (χ0v) is 11.9. The van der Waals surface area contributed by atoms with E-state index >= 15 is 0 Å². The van der Waals surface area contributed by atoms with Gasteiger partial charge in [-0.15, -0.1) is 0 Å². The molecule has 2 rings (SSSR count). The Morgan fingerprint density at radius 2 is 1.79 bits per heavy atom. The minimum absolute atomic E-state index is 0.222. The van der Waals surface area contributed by atoms with Crippen LogP contribution in [0.3, 0.4) is 0 Å². The summed E-state index contributed by atoms with van der Waals surface area (Å²) in [7, 11) is 0. The highest BCUT2D eigenvalue weighted by atomic mass is 35.5. The Hall–Kier alpha value is -1.42. The second kappa shape index (κ2) is 5.70. The molecule has 0 saturated heterocycles. The van der Waals surface area contributed by atoms with Crippen LogP contribution in [0.1, 0.15) is 10.4 Å². The zero-order chi connectivity index (χ0) is 14.0. The Labute approximate surface area is 125 Å². The topological polar surface area (TPSA) is 55.1 Å². The fourth-order valence-corrected chi connectivity index (χ4v) is 2.01. The average Bonchev–Trinajstić information content (AvgIpc) is 2.37. The number of nitrogen functional groups attached to an aromatic ring is 1. The highest BCUT2D eigenvalue weighted by Crippen LogP contribution is 2.27. The highest BCUT2D eigenvalue weighted by molar-refractivity contribution is 6.42. The number of benzene rings is 2. The number of amides is 1. The fourth-order valence-electron chi connectivity index (χ4n) is 1.50. The SMILES string of the molecule is Nc1cccc(C(=O)Nc2ccc(Cl)c(Cl)c2)c1Cl. The molecule has 0 radical (unpaired) electrons. The summed E-state index contributed by atoms with van der Waals surface area (Å²) >= 11 is 17.6. The summed E-state index contributed by atoms with van der Waals surface area (Å²) in [5.41, 5.74) is 6.82. The van der Waals surface area contributed by atoms with Crippen LogP contribution in [0.15, 0.2) is 36.4 Å². The van der Waals surface area contributed by atoms with E-state index in [1.54, 1.807) is 36.4 Å². The number of hydrogen-bond donors (Lipinski definition) is 2. The summed E-state index contributed by atoms with van der Waals surface area (Å²) in [5.74, 6) is -0.365. The molecule has 0 saturated carbocycles. The first-order valence-corrected chi connectivity index (χ1v) is 6.43. The van der Waals surface area contributed by atoms with Gasteiger partial charge in [0.1, 0.15) is 0 Å². The Bertz CT molecular complexity index is 644. The Morgan fingerprint density at radius 1 is 1.05 bits per heavy atom. The molecule has 0 bridgehead atoms. The van der Waals surface area contributed by atoms with Crippen molar-refractivity contribution in [1.29, 1.82) is 0 Å². The van der Waals surface area contributed by atoms with E-state index in [4.69, 9.17) is 40.5 Å². The molecule has 2 aromatic rings. The van der Waals surface area contributed by atoms with Gasteiger partial charge in [-0.2, -0.15) is 0 Å². The van der Waals surface area contributed by atoms with Gasteiger partial charge in [-0.3, -0.25) is 4.79 Å². The number of carbonyl (C=O) groups is 1. The summed E-state index contributed by atoms with van der Waals surface area (Å²) < 4.78 is 0. The molecule has 6 heteroatoms. The van der Waals surface area contributed by atoms with Gasteiger partial charge in [0.2, 0.25) is 0 Å². The molecule has 98 valence electrons. The van der Waals surface area contributed by atoms with E-state index in [9.17, 15) is 4.79 Å². The number of hydrogen-bond acceptors (Lipinski definition) is 2. The molecule has 0 aliphatic heterocycles. The molecular weight excluding hydrogens is 307 g/mol. The van der Waals surface area contributed by atoms with Crippen LogP contribution in [0.2, 0.25) is 15.1 Å². The van der Waals surface area contributed by atoms with Gasteiger partial charge in [-0.25, -0.2) is 0 Å². The summed E-state index contributed by atoms with van der Waals surface area (Å²) in [6, 6.07) is 9.67. The summed E-state index contributed by atoms with van der Waals surface area (Å²) in [4.78, 5) is 12.1. The predicted molar refractivity (Wildman–Crippen MR) is 80.3 cm³/mol. The van der Waals surface area contributed by atoms with E-state index in [0.717, 1.165) is 0 Å². The molecule has 0 unspecified atom stereocenters. The molecule has 0 aliphatic carbocycles. The van der Waals surface area contributed by atoms with Crippen molar-refractivity contribution in [2.45, 2.75) is 0 Å². The van der Waals surface area contributed by atoms with Gasteiger partial charge in [0.05, 0.1) is 26.3 Å². The first kappa shape index (κ1) is 14.0. The van der Waals surface area contributed by atoms with Crippen molar-refractivity contribution in [1.82, 2.24) is 0 Å². The third kappa shape index (κ3) is 3.13. The van der Waals surface area contributed by atoms with Crippen molar-refractivity contribution >= 4 is 52.1 Å². The molecule has 0 atom stereocenters. The summed E-state index contributed by atoms with van der Waals surface area (Å²) in [6.45, 7) is 0. The highest BCUT2D eigenvalue weighted by Gasteiger charge is 2.12. The predicted octanol–water partition coefficient (Wildman–Crippen LogP) is 4.48. The summed E-state index contributed by atoms with van der Waals surface area (Å²) in [5, 5.41) is 3.67. The lowest BCUT2D eigenvalue weighted by Gasteiger charge is -2.08. The van der Waals surface area contributed by atoms with Gasteiger partial charge in [0.25, 0.3) is 5.91 Å². The molecule has 1 amide bonds. The van der Waals surface area contributed by atoms with E-state index in [0.29, 0.717) is 27.0 Å². The Kier molecular flexibility index (Phi) is 4.20. The standard InChI is InChI=1S/C13H9Cl3N2O/c14-9-5-4-7(6-10(9)15)18-13(19)8-2-1-3-11(17)12(8)16/h1-6H,17H2,(H,18,19). The van der Waals surface area contributed by atoms with Crippen LogP contribution >= 0.6 is 34.8 Å². The molecule has 0 heterocycles. The molecule has 0 fully saturated rings. The maximum atomic E-state index is 12.1. The number of nitrogens with two attached hydrogens (primary N) is 1. The van der Waals surface area contributed by atoms with Crippen LogP contribution in [0.25, 0.3) is 0 Å². The minimum atomic E-state index is -0.365. The number of nitrogens with one attached hydrogen (secondary N) is 1. The monoisotopic (exact) mass is 314 g/mol. The Morgan fingerprint density at radius 3 is 2.47 bits per heavy atom. The molecule has 3 nitrogen and oxygen atoms in total. The molecule has 0 aromatic heterocycles. The van der Waals surface area contributed by atoms with Gasteiger partial charge >= 0.3 is 0 Å². The summed E-state index contributed by atoms with van der Waals surface area (Å²) in [6.07, 6.45) is 0. The van der Waals surface area contributed by atoms with Crippen LogP contribution in [0.5, 0.6) is 0 Å². The third-order valence-corrected chi connectivity index (χ3v) is 3.61. The smallest absolute Gasteiger partial charge is 0.257 e. The quantitative estimate of drug-likeness (QED) is 0.803. The van der Waals surface area contributed by atoms with E-state index < -0.39 is 0 Å². The second-order valence-corrected chi connectivity index (χ2v) is 4.98. The molecule has 0 aliphatic rings. The van der Waals surface area contributed by atoms with Gasteiger partial charge in [-0.05, 0) is 30.3 Å². The van der Waals surface area contributed by atoms with Crippen molar-refractivity contribution in [3.05, 3.63) is 57.0 Å². The van der Waals surface area contributed by atoms with Crippen molar-refractivity contribution < 1.29 is 4.79 Å². The number of halogens is 3. The third-order valence-electron chi connectivity index (χ3n) is 2.45. The van der Waals surface area contributed by atoms with E-state index in [2.05, 4.69) is 5.32 Å². The van der Waals surface area contributed by atoms with Crippen LogP contribution in [-0.2, 0) is 0 Å². The zero-order valence-electron chi connectivity index (χ0n) is 9.58. The van der Waals surface area contributed by atoms with Crippen LogP contribution in [0.4, 0.5) is 11.4 Å². The fraction of sp³-hybridized carbons (Fsp3) is 0. The van der Waals surface area contributed by atoms with Gasteiger partial charge in [-0.1, -0.05) is 40.9 Å².